The number of carbonyl (C=O) groups is 2. The minimum absolute atomic E-state index is 0.210. The molecule has 0 aromatic heterocycles. The predicted molar refractivity (Wildman–Crippen MR) is 86.2 cm³/mol. The van der Waals surface area contributed by atoms with Crippen molar-refractivity contribution >= 4 is 11.8 Å². The standard InChI is InChI=1S/C17H25N3O2/c1-14(17(18)22)19-10-12-20(13-11-19)16(21)9-5-8-15-6-3-2-4-7-15/h2-4,6-7,14H,5,8-13H2,1H3,(H2,18,22)/t14-/m1/s1. The molecule has 0 unspecified atom stereocenters. The second kappa shape index (κ2) is 7.94. The van der Waals surface area contributed by atoms with E-state index in [1.165, 1.54) is 5.56 Å². The van der Waals surface area contributed by atoms with Gasteiger partial charge < -0.3 is 10.6 Å². The lowest BCUT2D eigenvalue weighted by atomic mass is 10.1. The lowest BCUT2D eigenvalue weighted by molar-refractivity contribution is -0.134. The topological polar surface area (TPSA) is 66.6 Å². The molecule has 0 bridgehead atoms. The lowest BCUT2D eigenvalue weighted by Crippen LogP contribution is -2.54. The molecule has 2 rings (SSSR count). The quantitative estimate of drug-likeness (QED) is 0.853. The number of primary amides is 1. The van der Waals surface area contributed by atoms with Crippen LogP contribution in [0.3, 0.4) is 0 Å². The van der Waals surface area contributed by atoms with E-state index in [0.29, 0.717) is 32.6 Å². The number of piperazine rings is 1. The van der Waals surface area contributed by atoms with E-state index in [2.05, 4.69) is 12.1 Å². The van der Waals surface area contributed by atoms with Gasteiger partial charge in [-0.15, -0.1) is 0 Å². The minimum Gasteiger partial charge on any atom is -0.368 e. The van der Waals surface area contributed by atoms with Gasteiger partial charge in [-0.2, -0.15) is 0 Å². The maximum Gasteiger partial charge on any atom is 0.234 e. The molecule has 1 aromatic carbocycles. The molecule has 1 aliphatic heterocycles. The van der Waals surface area contributed by atoms with Gasteiger partial charge in [-0.1, -0.05) is 30.3 Å². The highest BCUT2D eigenvalue weighted by atomic mass is 16.2. The molecule has 0 aliphatic carbocycles. The van der Waals surface area contributed by atoms with E-state index in [4.69, 9.17) is 5.73 Å². The molecule has 120 valence electrons. The molecule has 22 heavy (non-hydrogen) atoms. The van der Waals surface area contributed by atoms with E-state index in [1.807, 2.05) is 34.9 Å². The third-order valence-corrected chi connectivity index (χ3v) is 4.33. The van der Waals surface area contributed by atoms with Crippen LogP contribution in [-0.2, 0) is 16.0 Å². The molecule has 5 nitrogen and oxygen atoms in total. The SMILES string of the molecule is C[C@H](C(N)=O)N1CCN(C(=O)CCCc2ccccc2)CC1. The number of amides is 2. The molecule has 1 aromatic rings. The van der Waals surface area contributed by atoms with Crippen LogP contribution in [0.2, 0.25) is 0 Å². The fourth-order valence-corrected chi connectivity index (χ4v) is 2.79. The Kier molecular flexibility index (Phi) is 5.95. The summed E-state index contributed by atoms with van der Waals surface area (Å²) in [5.74, 6) is -0.0926. The Hall–Kier alpha value is -1.88. The van der Waals surface area contributed by atoms with E-state index in [9.17, 15) is 9.59 Å². The van der Waals surface area contributed by atoms with E-state index >= 15 is 0 Å². The first kappa shape index (κ1) is 16.5. The summed E-state index contributed by atoms with van der Waals surface area (Å²) in [6.45, 7) is 4.62. The van der Waals surface area contributed by atoms with Crippen molar-refractivity contribution < 1.29 is 9.59 Å². The average Bonchev–Trinajstić information content (AvgIpc) is 2.55. The third kappa shape index (κ3) is 4.56. The van der Waals surface area contributed by atoms with E-state index in [-0.39, 0.29) is 17.9 Å². The first-order valence-corrected chi connectivity index (χ1v) is 7.93. The summed E-state index contributed by atoms with van der Waals surface area (Å²) in [6, 6.07) is 9.98. The van der Waals surface area contributed by atoms with Crippen molar-refractivity contribution in [1.29, 1.82) is 0 Å². The van der Waals surface area contributed by atoms with Crippen LogP contribution in [-0.4, -0.2) is 53.8 Å². The van der Waals surface area contributed by atoms with Gasteiger partial charge in [-0.05, 0) is 25.3 Å². The maximum atomic E-state index is 12.2. The Labute approximate surface area is 132 Å². The average molecular weight is 303 g/mol. The van der Waals surface area contributed by atoms with Gasteiger partial charge in [-0.3, -0.25) is 14.5 Å². The van der Waals surface area contributed by atoms with Crippen LogP contribution in [0.25, 0.3) is 0 Å². The van der Waals surface area contributed by atoms with Crippen molar-refractivity contribution in [3.05, 3.63) is 35.9 Å². The van der Waals surface area contributed by atoms with Gasteiger partial charge in [0.15, 0.2) is 0 Å². The molecule has 1 heterocycles. The van der Waals surface area contributed by atoms with Crippen LogP contribution in [0.5, 0.6) is 0 Å². The van der Waals surface area contributed by atoms with Crippen molar-refractivity contribution in [3.8, 4) is 0 Å². The molecule has 2 amide bonds. The second-order valence-electron chi connectivity index (χ2n) is 5.83. The highest BCUT2D eigenvalue weighted by Crippen LogP contribution is 2.10. The van der Waals surface area contributed by atoms with Gasteiger partial charge in [0.1, 0.15) is 0 Å². The molecular formula is C17H25N3O2. The van der Waals surface area contributed by atoms with Crippen LogP contribution in [0.4, 0.5) is 0 Å². The third-order valence-electron chi connectivity index (χ3n) is 4.33. The number of hydrogen-bond acceptors (Lipinski definition) is 3. The fraction of sp³-hybridized carbons (Fsp3) is 0.529. The monoisotopic (exact) mass is 303 g/mol. The molecular weight excluding hydrogens is 278 g/mol. The maximum absolute atomic E-state index is 12.2. The number of carbonyl (C=O) groups excluding carboxylic acids is 2. The Morgan fingerprint density at radius 3 is 2.36 bits per heavy atom. The summed E-state index contributed by atoms with van der Waals surface area (Å²) in [5.41, 5.74) is 6.59. The normalized spacial score (nSPS) is 17.2. The zero-order valence-corrected chi connectivity index (χ0v) is 13.2. The fourth-order valence-electron chi connectivity index (χ4n) is 2.79. The van der Waals surface area contributed by atoms with E-state index in [0.717, 1.165) is 12.8 Å². The summed E-state index contributed by atoms with van der Waals surface area (Å²) >= 11 is 0. The van der Waals surface area contributed by atoms with E-state index < -0.39 is 0 Å². The van der Waals surface area contributed by atoms with Gasteiger partial charge in [0, 0.05) is 32.6 Å². The van der Waals surface area contributed by atoms with Crippen molar-refractivity contribution in [3.63, 3.8) is 0 Å². The van der Waals surface area contributed by atoms with Gasteiger partial charge >= 0.3 is 0 Å². The zero-order valence-electron chi connectivity index (χ0n) is 13.2. The number of nitrogens with two attached hydrogens (primary N) is 1. The zero-order chi connectivity index (χ0) is 15.9. The summed E-state index contributed by atoms with van der Waals surface area (Å²) in [6.07, 6.45) is 2.40. The molecule has 0 radical (unpaired) electrons. The van der Waals surface area contributed by atoms with Crippen molar-refractivity contribution in [1.82, 2.24) is 9.80 Å². The molecule has 1 atom stereocenters. The summed E-state index contributed by atoms with van der Waals surface area (Å²) in [5, 5.41) is 0. The molecule has 0 saturated carbocycles. The highest BCUT2D eigenvalue weighted by molar-refractivity contribution is 5.79. The molecule has 1 aliphatic rings. The first-order chi connectivity index (χ1) is 10.6. The van der Waals surface area contributed by atoms with Crippen molar-refractivity contribution in [2.75, 3.05) is 26.2 Å². The van der Waals surface area contributed by atoms with Crippen LogP contribution in [0.15, 0.2) is 30.3 Å². The van der Waals surface area contributed by atoms with E-state index in [1.54, 1.807) is 0 Å². The Morgan fingerprint density at radius 1 is 1.14 bits per heavy atom. The van der Waals surface area contributed by atoms with Crippen molar-refractivity contribution in [2.45, 2.75) is 32.2 Å². The highest BCUT2D eigenvalue weighted by Gasteiger charge is 2.25. The molecule has 1 fully saturated rings. The summed E-state index contributed by atoms with van der Waals surface area (Å²) in [4.78, 5) is 27.3. The number of benzene rings is 1. The smallest absolute Gasteiger partial charge is 0.234 e. The summed E-state index contributed by atoms with van der Waals surface area (Å²) < 4.78 is 0. The number of rotatable bonds is 6. The predicted octanol–water partition coefficient (Wildman–Crippen LogP) is 1.03. The molecule has 1 saturated heterocycles. The second-order valence-corrected chi connectivity index (χ2v) is 5.83. The lowest BCUT2D eigenvalue weighted by Gasteiger charge is -2.37. The number of nitrogens with zero attached hydrogens (tertiary/aromatic N) is 2. The Balaban J connectivity index is 1.70. The van der Waals surface area contributed by atoms with Crippen LogP contribution in [0.1, 0.15) is 25.3 Å². The van der Waals surface area contributed by atoms with Gasteiger partial charge in [0.25, 0.3) is 0 Å². The molecule has 5 heteroatoms. The van der Waals surface area contributed by atoms with Gasteiger partial charge in [0.2, 0.25) is 11.8 Å². The van der Waals surface area contributed by atoms with Crippen molar-refractivity contribution in [2.24, 2.45) is 5.73 Å². The first-order valence-electron chi connectivity index (χ1n) is 7.93. The largest absolute Gasteiger partial charge is 0.368 e. The minimum atomic E-state index is -0.303. The molecule has 2 N–H and O–H groups in total. The van der Waals surface area contributed by atoms with Crippen LogP contribution < -0.4 is 5.73 Å². The summed E-state index contributed by atoms with van der Waals surface area (Å²) in [7, 11) is 0. The van der Waals surface area contributed by atoms with Gasteiger partial charge in [0.05, 0.1) is 6.04 Å². The number of aryl methyl sites for hydroxylation is 1. The van der Waals surface area contributed by atoms with Crippen LogP contribution in [0, 0.1) is 0 Å². The molecule has 0 spiro atoms. The van der Waals surface area contributed by atoms with Crippen LogP contribution >= 0.6 is 0 Å². The Bertz CT molecular complexity index is 496. The number of hydrogen-bond donors (Lipinski definition) is 1. The van der Waals surface area contributed by atoms with Gasteiger partial charge in [-0.25, -0.2) is 0 Å². The Morgan fingerprint density at radius 2 is 1.77 bits per heavy atom.